The monoisotopic (exact) mass is 443 g/mol. The van der Waals surface area contributed by atoms with E-state index in [1.807, 2.05) is 24.4 Å². The number of benzene rings is 1. The number of imidazole rings is 1. The number of nitrogens with zero attached hydrogens (tertiary/aromatic N) is 2. The molecule has 4 rings (SSSR count). The van der Waals surface area contributed by atoms with Crippen molar-refractivity contribution in [3.05, 3.63) is 63.4 Å². The number of thiophene rings is 1. The number of hydrogen-bond donors (Lipinski definition) is 1. The fourth-order valence-corrected chi connectivity index (χ4v) is 4.95. The van der Waals surface area contributed by atoms with Crippen molar-refractivity contribution in [2.24, 2.45) is 0 Å². The number of fused-ring (bicyclic) bond motifs is 1. The third-order valence-electron chi connectivity index (χ3n) is 4.48. The quantitative estimate of drug-likeness (QED) is 0.424. The van der Waals surface area contributed by atoms with Crippen LogP contribution in [0.1, 0.15) is 37.5 Å². The number of nitrogens with one attached hydrogen (secondary N) is 1. The van der Waals surface area contributed by atoms with Gasteiger partial charge in [-0.25, -0.2) is 14.2 Å². The van der Waals surface area contributed by atoms with E-state index in [1.54, 1.807) is 25.1 Å². The summed E-state index contributed by atoms with van der Waals surface area (Å²) >= 11 is 2.58. The van der Waals surface area contributed by atoms with Gasteiger partial charge in [0.2, 0.25) is 0 Å². The van der Waals surface area contributed by atoms with Crippen molar-refractivity contribution < 1.29 is 18.7 Å². The zero-order chi connectivity index (χ0) is 21.4. The van der Waals surface area contributed by atoms with E-state index >= 15 is 0 Å². The zero-order valence-electron chi connectivity index (χ0n) is 16.5. The van der Waals surface area contributed by atoms with E-state index in [9.17, 15) is 14.0 Å². The molecule has 0 fully saturated rings. The van der Waals surface area contributed by atoms with E-state index in [4.69, 9.17) is 4.74 Å². The largest absolute Gasteiger partial charge is 0.462 e. The summed E-state index contributed by atoms with van der Waals surface area (Å²) in [7, 11) is 0. The Bertz CT molecular complexity index is 1250. The van der Waals surface area contributed by atoms with Gasteiger partial charge >= 0.3 is 5.97 Å². The van der Waals surface area contributed by atoms with Gasteiger partial charge in [-0.15, -0.1) is 11.3 Å². The minimum Gasteiger partial charge on any atom is -0.462 e. The van der Waals surface area contributed by atoms with Gasteiger partial charge in [0.1, 0.15) is 15.7 Å². The molecule has 1 aromatic carbocycles. The molecule has 3 aromatic heterocycles. The average Bonchev–Trinajstić information content (AvgIpc) is 3.37. The minimum absolute atomic E-state index is 0.263. The van der Waals surface area contributed by atoms with Crippen molar-refractivity contribution in [2.45, 2.75) is 20.8 Å². The van der Waals surface area contributed by atoms with Crippen molar-refractivity contribution in [3.8, 4) is 11.3 Å². The Morgan fingerprint density at radius 2 is 1.93 bits per heavy atom. The number of thiazole rings is 1. The molecule has 1 N–H and O–H groups in total. The van der Waals surface area contributed by atoms with Crippen LogP contribution in [0.4, 0.5) is 9.39 Å². The first-order chi connectivity index (χ1) is 14.4. The number of carbonyl (C=O) groups is 2. The maximum atomic E-state index is 13.2. The summed E-state index contributed by atoms with van der Waals surface area (Å²) in [6, 6.07) is 7.82. The Balaban J connectivity index is 1.62. The van der Waals surface area contributed by atoms with Crippen molar-refractivity contribution in [1.82, 2.24) is 9.38 Å². The van der Waals surface area contributed by atoms with Gasteiger partial charge in [-0.2, -0.15) is 0 Å². The van der Waals surface area contributed by atoms with Crippen LogP contribution in [0, 0.1) is 19.7 Å². The molecule has 0 spiro atoms. The first-order valence-corrected chi connectivity index (χ1v) is 10.8. The molecular formula is C21H18FN3O3S2. The average molecular weight is 444 g/mol. The van der Waals surface area contributed by atoms with Gasteiger partial charge in [0.05, 0.1) is 17.9 Å². The van der Waals surface area contributed by atoms with Crippen LogP contribution in [0.25, 0.3) is 16.2 Å². The zero-order valence-corrected chi connectivity index (χ0v) is 18.1. The number of anilines is 1. The third-order valence-corrected chi connectivity index (χ3v) is 6.60. The van der Waals surface area contributed by atoms with Gasteiger partial charge in [-0.05, 0) is 51.1 Å². The fraction of sp³-hybridized carbons (Fsp3) is 0.190. The second-order valence-electron chi connectivity index (χ2n) is 6.58. The summed E-state index contributed by atoms with van der Waals surface area (Å²) in [6.45, 7) is 5.70. The summed E-state index contributed by atoms with van der Waals surface area (Å²) in [6.07, 6.45) is 1.82. The van der Waals surface area contributed by atoms with E-state index in [2.05, 4.69) is 10.3 Å². The van der Waals surface area contributed by atoms with Crippen LogP contribution in [-0.2, 0) is 4.74 Å². The molecule has 6 nitrogen and oxygen atoms in total. The van der Waals surface area contributed by atoms with Crippen LogP contribution in [0.2, 0.25) is 0 Å². The molecule has 0 bridgehead atoms. The topological polar surface area (TPSA) is 72.7 Å². The molecule has 0 unspecified atom stereocenters. The van der Waals surface area contributed by atoms with Gasteiger partial charge in [0.15, 0.2) is 4.96 Å². The molecule has 0 aliphatic rings. The van der Waals surface area contributed by atoms with E-state index < -0.39 is 5.97 Å². The molecule has 0 saturated carbocycles. The van der Waals surface area contributed by atoms with Crippen molar-refractivity contribution >= 4 is 44.5 Å². The van der Waals surface area contributed by atoms with Gasteiger partial charge in [-0.1, -0.05) is 11.3 Å². The molecular weight excluding hydrogens is 425 g/mol. The number of aromatic nitrogens is 2. The van der Waals surface area contributed by atoms with E-state index in [0.29, 0.717) is 26.1 Å². The Hall–Kier alpha value is -3.04. The van der Waals surface area contributed by atoms with Crippen molar-refractivity contribution in [2.75, 3.05) is 11.9 Å². The highest BCUT2D eigenvalue weighted by molar-refractivity contribution is 7.19. The minimum atomic E-state index is -0.459. The summed E-state index contributed by atoms with van der Waals surface area (Å²) in [4.78, 5) is 31.7. The number of rotatable bonds is 5. The molecule has 4 aromatic rings. The number of halogens is 1. The Labute approximate surface area is 180 Å². The highest BCUT2D eigenvalue weighted by Gasteiger charge is 2.22. The molecule has 3 heterocycles. The first-order valence-electron chi connectivity index (χ1n) is 9.20. The van der Waals surface area contributed by atoms with E-state index in [-0.39, 0.29) is 18.3 Å². The second-order valence-corrected chi connectivity index (χ2v) is 8.81. The van der Waals surface area contributed by atoms with Crippen LogP contribution in [0.3, 0.4) is 0 Å². The lowest BCUT2D eigenvalue weighted by molar-refractivity contribution is 0.0528. The second kappa shape index (κ2) is 8.00. The van der Waals surface area contributed by atoms with Crippen LogP contribution in [-0.4, -0.2) is 27.9 Å². The predicted molar refractivity (Wildman–Crippen MR) is 116 cm³/mol. The molecule has 0 aliphatic heterocycles. The SMILES string of the molecule is CCOC(=O)c1cc(C)sc1NC(=O)c1sc2nc(-c3ccc(F)cc3)cn2c1C. The van der Waals surface area contributed by atoms with Crippen molar-refractivity contribution in [3.63, 3.8) is 0 Å². The van der Waals surface area contributed by atoms with Gasteiger partial charge < -0.3 is 10.1 Å². The molecule has 30 heavy (non-hydrogen) atoms. The maximum Gasteiger partial charge on any atom is 0.341 e. The van der Waals surface area contributed by atoms with Crippen LogP contribution in [0.15, 0.2) is 36.5 Å². The highest BCUT2D eigenvalue weighted by Crippen LogP contribution is 2.31. The molecule has 0 saturated heterocycles. The molecule has 1 amide bonds. The molecule has 0 atom stereocenters. The fourth-order valence-electron chi connectivity index (χ4n) is 3.05. The lowest BCUT2D eigenvalue weighted by Gasteiger charge is -2.05. The smallest absolute Gasteiger partial charge is 0.341 e. The number of ether oxygens (including phenoxy) is 1. The lowest BCUT2D eigenvalue weighted by atomic mass is 10.2. The standard InChI is InChI=1S/C21H18FN3O3S2/c1-4-28-20(27)15-9-11(2)29-19(15)24-18(26)17-12(3)25-10-16(23-21(25)30-17)13-5-7-14(22)8-6-13/h5-10H,4H2,1-3H3,(H,24,26). The van der Waals surface area contributed by atoms with Gasteiger partial charge in [0.25, 0.3) is 5.91 Å². The Morgan fingerprint density at radius 1 is 1.20 bits per heavy atom. The van der Waals surface area contributed by atoms with Gasteiger partial charge in [-0.3, -0.25) is 9.20 Å². The highest BCUT2D eigenvalue weighted by atomic mass is 32.1. The van der Waals surface area contributed by atoms with E-state index in [1.165, 1.54) is 34.8 Å². The summed E-state index contributed by atoms with van der Waals surface area (Å²) in [5.74, 6) is -1.07. The number of esters is 1. The lowest BCUT2D eigenvalue weighted by Crippen LogP contribution is -2.14. The molecule has 9 heteroatoms. The molecule has 154 valence electrons. The molecule has 0 aliphatic carbocycles. The Kier molecular flexibility index (Phi) is 5.40. The number of aryl methyl sites for hydroxylation is 2. The predicted octanol–water partition coefficient (Wildman–Crippen LogP) is 5.31. The summed E-state index contributed by atoms with van der Waals surface area (Å²) in [5.41, 5.74) is 2.59. The van der Waals surface area contributed by atoms with Crippen LogP contribution >= 0.6 is 22.7 Å². The molecule has 0 radical (unpaired) electrons. The third kappa shape index (κ3) is 3.73. The van der Waals surface area contributed by atoms with Gasteiger partial charge in [0, 0.05) is 22.3 Å². The normalized spacial score (nSPS) is 11.1. The summed E-state index contributed by atoms with van der Waals surface area (Å²) < 4.78 is 20.1. The number of carbonyl (C=O) groups excluding carboxylic acids is 2. The summed E-state index contributed by atoms with van der Waals surface area (Å²) in [5, 5.41) is 3.30. The first kappa shape index (κ1) is 20.2. The number of amides is 1. The van der Waals surface area contributed by atoms with E-state index in [0.717, 1.165) is 16.1 Å². The Morgan fingerprint density at radius 3 is 2.60 bits per heavy atom. The number of hydrogen-bond acceptors (Lipinski definition) is 6. The maximum absolute atomic E-state index is 13.2. The van der Waals surface area contributed by atoms with Crippen molar-refractivity contribution in [1.29, 1.82) is 0 Å². The van der Waals surface area contributed by atoms with Crippen LogP contribution < -0.4 is 5.32 Å². The van der Waals surface area contributed by atoms with Crippen LogP contribution in [0.5, 0.6) is 0 Å².